The van der Waals surface area contributed by atoms with Gasteiger partial charge < -0.3 is 9.32 Å². The minimum absolute atomic E-state index is 0.0191. The van der Waals surface area contributed by atoms with Crippen molar-refractivity contribution >= 4 is 39.3 Å². The molecular formula is C39H33N3O. The van der Waals surface area contributed by atoms with Gasteiger partial charge in [0.15, 0.2) is 5.58 Å². The molecule has 0 spiro atoms. The van der Waals surface area contributed by atoms with Crippen LogP contribution in [0.15, 0.2) is 137 Å². The Morgan fingerprint density at radius 2 is 1.44 bits per heavy atom. The van der Waals surface area contributed by atoms with Gasteiger partial charge in [0, 0.05) is 17.1 Å². The highest BCUT2D eigenvalue weighted by Crippen LogP contribution is 2.51. The van der Waals surface area contributed by atoms with Crippen molar-refractivity contribution < 1.29 is 4.42 Å². The summed E-state index contributed by atoms with van der Waals surface area (Å²) in [6.45, 7) is 4.64. The zero-order valence-electron chi connectivity index (χ0n) is 24.5. The Morgan fingerprint density at radius 1 is 0.814 bits per heavy atom. The number of nitriles is 1. The second-order valence-corrected chi connectivity index (χ2v) is 12.1. The number of para-hydroxylation sites is 4. The first kappa shape index (κ1) is 26.7. The molecule has 43 heavy (non-hydrogen) atoms. The first-order valence-corrected chi connectivity index (χ1v) is 14.9. The van der Waals surface area contributed by atoms with E-state index in [0.29, 0.717) is 23.0 Å². The molecule has 0 amide bonds. The van der Waals surface area contributed by atoms with E-state index in [1.807, 2.05) is 36.4 Å². The minimum Gasteiger partial charge on any atom is -0.435 e. The van der Waals surface area contributed by atoms with Crippen LogP contribution in [-0.2, 0) is 0 Å². The Balaban J connectivity index is 1.25. The minimum atomic E-state index is 0.0191. The summed E-state index contributed by atoms with van der Waals surface area (Å²) in [6, 6.07) is 40.0. The fourth-order valence-electron chi connectivity index (χ4n) is 6.74. The first-order valence-electron chi connectivity index (χ1n) is 14.9. The van der Waals surface area contributed by atoms with Crippen LogP contribution in [0.4, 0.5) is 17.1 Å². The lowest BCUT2D eigenvalue weighted by Crippen LogP contribution is -2.31. The number of rotatable bonds is 5. The summed E-state index contributed by atoms with van der Waals surface area (Å²) >= 11 is 0. The highest BCUT2D eigenvalue weighted by atomic mass is 16.3. The summed E-state index contributed by atoms with van der Waals surface area (Å²) in [7, 11) is 0. The lowest BCUT2D eigenvalue weighted by Gasteiger charge is -2.42. The zero-order valence-corrected chi connectivity index (χ0v) is 24.5. The summed E-state index contributed by atoms with van der Waals surface area (Å²) < 4.78 is 6.02. The van der Waals surface area contributed by atoms with Crippen LogP contribution < -0.4 is 4.90 Å². The fraction of sp³-hybridized carbons (Fsp3) is 0.179. The summed E-state index contributed by atoms with van der Waals surface area (Å²) in [5.74, 6) is 0.844. The average molecular weight is 560 g/mol. The van der Waals surface area contributed by atoms with Crippen LogP contribution in [0, 0.1) is 22.7 Å². The summed E-state index contributed by atoms with van der Waals surface area (Å²) in [4.78, 5) is 6.93. The number of hydrogen-bond donors (Lipinski definition) is 0. The normalized spacial score (nSPS) is 18.7. The first-order chi connectivity index (χ1) is 21.0. The lowest BCUT2D eigenvalue weighted by molar-refractivity contribution is 0.228. The summed E-state index contributed by atoms with van der Waals surface area (Å²) in [6.07, 6.45) is 7.52. The van der Waals surface area contributed by atoms with Crippen LogP contribution in [0.25, 0.3) is 22.2 Å². The zero-order chi connectivity index (χ0) is 29.4. The van der Waals surface area contributed by atoms with Crippen LogP contribution >= 0.6 is 0 Å². The molecule has 2 aliphatic carbocycles. The maximum absolute atomic E-state index is 10.2. The predicted molar refractivity (Wildman–Crippen MR) is 175 cm³/mol. The van der Waals surface area contributed by atoms with Gasteiger partial charge in [-0.15, -0.1) is 0 Å². The van der Waals surface area contributed by atoms with Gasteiger partial charge in [0.25, 0.3) is 0 Å². The van der Waals surface area contributed by atoms with Gasteiger partial charge in [0.2, 0.25) is 5.89 Å². The molecule has 1 heterocycles. The maximum Gasteiger partial charge on any atom is 0.238 e. The molecule has 1 atom stereocenters. The Labute approximate surface area is 252 Å². The molecule has 0 saturated carbocycles. The van der Waals surface area contributed by atoms with E-state index in [4.69, 9.17) is 4.42 Å². The van der Waals surface area contributed by atoms with Gasteiger partial charge in [0.1, 0.15) is 17.2 Å². The van der Waals surface area contributed by atoms with Gasteiger partial charge in [-0.25, -0.2) is 4.98 Å². The predicted octanol–water partition coefficient (Wildman–Crippen LogP) is 10.4. The number of anilines is 3. The highest BCUT2D eigenvalue weighted by Gasteiger charge is 2.38. The van der Waals surface area contributed by atoms with Crippen molar-refractivity contribution in [2.45, 2.75) is 33.1 Å². The van der Waals surface area contributed by atoms with Crippen molar-refractivity contribution in [2.24, 2.45) is 11.3 Å². The molecule has 2 aliphatic rings. The van der Waals surface area contributed by atoms with Crippen LogP contribution in [-0.4, -0.2) is 4.98 Å². The fourth-order valence-corrected chi connectivity index (χ4v) is 6.74. The smallest absolute Gasteiger partial charge is 0.238 e. The molecule has 4 nitrogen and oxygen atoms in total. The van der Waals surface area contributed by atoms with Gasteiger partial charge in [-0.1, -0.05) is 86.7 Å². The van der Waals surface area contributed by atoms with Gasteiger partial charge >= 0.3 is 0 Å². The monoisotopic (exact) mass is 559 g/mol. The molecule has 210 valence electrons. The van der Waals surface area contributed by atoms with Gasteiger partial charge in [0.05, 0.1) is 0 Å². The number of benzene rings is 4. The number of allylic oxidation sites excluding steroid dienone is 6. The van der Waals surface area contributed by atoms with Crippen molar-refractivity contribution in [1.29, 1.82) is 5.26 Å². The van der Waals surface area contributed by atoms with E-state index in [-0.39, 0.29) is 5.41 Å². The molecule has 1 aromatic heterocycles. The number of oxazole rings is 1. The third kappa shape index (κ3) is 5.08. The Morgan fingerprint density at radius 3 is 2.09 bits per heavy atom. The molecule has 4 aromatic carbocycles. The third-order valence-electron chi connectivity index (χ3n) is 8.84. The quantitative estimate of drug-likeness (QED) is 0.201. The van der Waals surface area contributed by atoms with Crippen molar-refractivity contribution in [3.8, 4) is 6.07 Å². The van der Waals surface area contributed by atoms with Gasteiger partial charge in [-0.2, -0.15) is 5.26 Å². The second-order valence-electron chi connectivity index (χ2n) is 12.1. The maximum atomic E-state index is 10.2. The molecule has 4 heteroatoms. The number of hydrogen-bond acceptors (Lipinski definition) is 4. The Kier molecular flexibility index (Phi) is 6.80. The molecule has 0 fully saturated rings. The van der Waals surface area contributed by atoms with Crippen molar-refractivity contribution in [3.63, 3.8) is 0 Å². The van der Waals surface area contributed by atoms with E-state index in [1.165, 1.54) is 16.7 Å². The molecule has 0 N–H and O–H groups in total. The van der Waals surface area contributed by atoms with E-state index in [9.17, 15) is 5.26 Å². The molecule has 0 radical (unpaired) electrons. The molecule has 7 rings (SSSR count). The standard InChI is InChI=1S/C39H33N3O/c1-39(2)25-30(34(26-40)38-41-36-15-9-10-16-37(36)43-38)24-29-23-28(19-22-35(29)39)27-17-20-33(21-18-27)42(31-11-5-3-6-12-31)32-13-7-4-8-14-32/h3-18,20-21,23-24,35H,19,22,25H2,1-2H3/b34-30-. The van der Waals surface area contributed by atoms with Gasteiger partial charge in [-0.3, -0.25) is 0 Å². The van der Waals surface area contributed by atoms with Crippen molar-refractivity contribution in [1.82, 2.24) is 4.98 Å². The topological polar surface area (TPSA) is 53.1 Å². The van der Waals surface area contributed by atoms with E-state index < -0.39 is 0 Å². The van der Waals surface area contributed by atoms with Crippen LogP contribution in [0.2, 0.25) is 0 Å². The molecule has 5 aromatic rings. The van der Waals surface area contributed by atoms with Crippen molar-refractivity contribution in [2.75, 3.05) is 4.90 Å². The summed E-state index contributed by atoms with van der Waals surface area (Å²) in [5.41, 5.74) is 10.2. The Hall–Kier alpha value is -5.14. The lowest BCUT2D eigenvalue weighted by atomic mass is 9.62. The van der Waals surface area contributed by atoms with E-state index >= 15 is 0 Å². The average Bonchev–Trinajstić information content (AvgIpc) is 3.46. The molecular weight excluding hydrogens is 526 g/mol. The second kappa shape index (κ2) is 10.9. The Bertz CT molecular complexity index is 1850. The van der Waals surface area contributed by atoms with Crippen LogP contribution in [0.1, 0.15) is 44.6 Å². The number of fused-ring (bicyclic) bond motifs is 2. The summed E-state index contributed by atoms with van der Waals surface area (Å²) in [5, 5.41) is 10.2. The van der Waals surface area contributed by atoms with E-state index in [0.717, 1.165) is 47.4 Å². The number of nitrogens with zero attached hydrogens (tertiary/aromatic N) is 3. The van der Waals surface area contributed by atoms with Crippen molar-refractivity contribution in [3.05, 3.63) is 144 Å². The van der Waals surface area contributed by atoms with Crippen LogP contribution in [0.5, 0.6) is 0 Å². The van der Waals surface area contributed by atoms with E-state index in [1.54, 1.807) is 0 Å². The third-order valence-corrected chi connectivity index (χ3v) is 8.84. The number of aromatic nitrogens is 1. The van der Waals surface area contributed by atoms with Crippen LogP contribution in [0.3, 0.4) is 0 Å². The largest absolute Gasteiger partial charge is 0.435 e. The van der Waals surface area contributed by atoms with E-state index in [2.05, 4.69) is 115 Å². The van der Waals surface area contributed by atoms with Gasteiger partial charge in [-0.05, 0) is 101 Å². The molecule has 0 saturated heterocycles. The molecule has 0 bridgehead atoms. The highest BCUT2D eigenvalue weighted by molar-refractivity contribution is 5.83. The molecule has 0 aliphatic heterocycles. The SMILES string of the molecule is CC1(C)C/C(=C(/C#N)c2nc3ccccc3o2)C=C2C=C(c3ccc(N(c4ccccc4)c4ccccc4)cc3)CCC21. The molecule has 1 unspecified atom stereocenters.